The van der Waals surface area contributed by atoms with Crippen LogP contribution in [0.2, 0.25) is 0 Å². The summed E-state index contributed by atoms with van der Waals surface area (Å²) in [5.41, 5.74) is 2.07. The van der Waals surface area contributed by atoms with Crippen LogP contribution in [0.5, 0.6) is 0 Å². The van der Waals surface area contributed by atoms with E-state index in [2.05, 4.69) is 35.0 Å². The zero-order valence-electron chi connectivity index (χ0n) is 27.0. The number of nitrogens with zero attached hydrogens (tertiary/aromatic N) is 5. The zero-order chi connectivity index (χ0) is 35.3. The number of pyridine rings is 5. The Labute approximate surface area is 276 Å². The van der Waals surface area contributed by atoms with Crippen LogP contribution in [0.4, 0.5) is 5.69 Å². The lowest BCUT2D eigenvalue weighted by Gasteiger charge is -2.18. The van der Waals surface area contributed by atoms with Crippen molar-refractivity contribution in [2.75, 3.05) is 11.9 Å². The van der Waals surface area contributed by atoms with Gasteiger partial charge >= 0.3 is 11.9 Å². The number of hydrogen-bond donors (Lipinski definition) is 2. The fourth-order valence-corrected chi connectivity index (χ4v) is 3.78. The summed E-state index contributed by atoms with van der Waals surface area (Å²) < 4.78 is 4.66. The molecule has 5 rings (SSSR count). The van der Waals surface area contributed by atoms with Crippen LogP contribution in [0.3, 0.4) is 0 Å². The molecule has 0 aliphatic rings. The highest BCUT2D eigenvalue weighted by Crippen LogP contribution is 2.23. The Morgan fingerprint density at radius 2 is 1.48 bits per heavy atom. The van der Waals surface area contributed by atoms with Gasteiger partial charge < -0.3 is 15.2 Å². The second-order valence-electron chi connectivity index (χ2n) is 10.9. The maximum Gasteiger partial charge on any atom is 0.379 e. The van der Waals surface area contributed by atoms with Gasteiger partial charge in [-0.25, -0.2) is 14.6 Å². The van der Waals surface area contributed by atoms with E-state index in [1.807, 2.05) is 6.07 Å². The molecule has 5 heterocycles. The van der Waals surface area contributed by atoms with Gasteiger partial charge in [0.25, 0.3) is 5.78 Å². The van der Waals surface area contributed by atoms with Gasteiger partial charge in [-0.3, -0.25) is 34.3 Å². The highest BCUT2D eigenvalue weighted by molar-refractivity contribution is 6.42. The van der Waals surface area contributed by atoms with Crippen molar-refractivity contribution in [1.82, 2.24) is 24.9 Å². The molecule has 0 saturated carbocycles. The highest BCUT2D eigenvalue weighted by Gasteiger charge is 2.25. The molecular weight excluding hydrogens is 616 g/mol. The van der Waals surface area contributed by atoms with E-state index < -0.39 is 23.1 Å². The fraction of sp³-hybridized carbons (Fsp3) is 0.200. The summed E-state index contributed by atoms with van der Waals surface area (Å²) in [7, 11) is 0. The summed E-state index contributed by atoms with van der Waals surface area (Å²) in [6.45, 7) is 8.45. The minimum atomic E-state index is -0.990. The van der Waals surface area contributed by atoms with Crippen LogP contribution in [0, 0.1) is 5.41 Å². The van der Waals surface area contributed by atoms with Gasteiger partial charge in [0.2, 0.25) is 5.91 Å². The van der Waals surface area contributed by atoms with Crippen molar-refractivity contribution in [3.05, 3.63) is 109 Å². The molecule has 0 aliphatic carbocycles. The van der Waals surface area contributed by atoms with Gasteiger partial charge in [0.05, 0.1) is 52.7 Å². The molecule has 0 radical (unpaired) electrons. The molecule has 13 nitrogen and oxygen atoms in total. The molecule has 0 unspecified atom stereocenters. The summed E-state index contributed by atoms with van der Waals surface area (Å²) in [6.07, 6.45) is 9.06. The van der Waals surface area contributed by atoms with Gasteiger partial charge in [0, 0.05) is 42.5 Å². The SMILES string of the molecule is CC(=O)c1ccccn1.CCOC(=O)C(=O)c1ccncc1NC(=O)C(C)(C)C.O=C(O)c1cc(-c2ccccn2)nc2cnccc12. The molecule has 0 saturated heterocycles. The number of fused-ring (bicyclic) bond motifs is 1. The van der Waals surface area contributed by atoms with E-state index in [0.29, 0.717) is 28.0 Å². The molecule has 0 bridgehead atoms. The van der Waals surface area contributed by atoms with E-state index in [4.69, 9.17) is 0 Å². The number of amides is 1. The molecule has 246 valence electrons. The first kappa shape index (κ1) is 36.2. The first-order valence-electron chi connectivity index (χ1n) is 14.6. The van der Waals surface area contributed by atoms with Gasteiger partial charge in [-0.15, -0.1) is 0 Å². The van der Waals surface area contributed by atoms with Gasteiger partial charge in [0.1, 0.15) is 5.69 Å². The number of aromatic nitrogens is 5. The van der Waals surface area contributed by atoms with Crippen molar-refractivity contribution in [2.45, 2.75) is 34.6 Å². The molecule has 0 atom stereocenters. The minimum Gasteiger partial charge on any atom is -0.478 e. The fourth-order valence-electron chi connectivity index (χ4n) is 3.78. The number of aromatic carboxylic acids is 1. The summed E-state index contributed by atoms with van der Waals surface area (Å²) in [5.74, 6) is -3.02. The number of carboxylic acids is 1. The third-order valence-corrected chi connectivity index (χ3v) is 6.25. The van der Waals surface area contributed by atoms with Gasteiger partial charge in [0.15, 0.2) is 5.78 Å². The molecule has 5 aromatic heterocycles. The largest absolute Gasteiger partial charge is 0.478 e. The van der Waals surface area contributed by atoms with E-state index in [1.165, 1.54) is 31.5 Å². The first-order valence-corrected chi connectivity index (χ1v) is 14.6. The quantitative estimate of drug-likeness (QED) is 0.128. The number of carboxylic acid groups (broad SMARTS) is 1. The Bertz CT molecular complexity index is 1910. The number of rotatable bonds is 7. The third-order valence-electron chi connectivity index (χ3n) is 6.25. The number of anilines is 1. The minimum absolute atomic E-state index is 0.00981. The van der Waals surface area contributed by atoms with E-state index >= 15 is 0 Å². The molecule has 0 aromatic carbocycles. The summed E-state index contributed by atoms with van der Waals surface area (Å²) in [5, 5.41) is 12.5. The van der Waals surface area contributed by atoms with Gasteiger partial charge in [-0.1, -0.05) is 32.9 Å². The van der Waals surface area contributed by atoms with Crippen LogP contribution in [0.25, 0.3) is 22.3 Å². The van der Waals surface area contributed by atoms with Crippen LogP contribution in [0.1, 0.15) is 65.8 Å². The lowest BCUT2D eigenvalue weighted by molar-refractivity contribution is -0.137. The monoisotopic (exact) mass is 650 g/mol. The number of hydrogen-bond acceptors (Lipinski definition) is 11. The average Bonchev–Trinajstić information content (AvgIpc) is 3.08. The summed E-state index contributed by atoms with van der Waals surface area (Å²) >= 11 is 0. The molecule has 5 aromatic rings. The Hall–Kier alpha value is -6.24. The molecule has 0 fully saturated rings. The van der Waals surface area contributed by atoms with Crippen molar-refractivity contribution >= 4 is 46.0 Å². The normalized spacial score (nSPS) is 10.4. The number of nitrogens with one attached hydrogen (secondary N) is 1. The predicted octanol–water partition coefficient (Wildman–Crippen LogP) is 5.49. The first-order chi connectivity index (χ1) is 22.8. The standard InChI is InChI=1S/C14H9N3O2.C14H18N2O4.C7H7NO/c18-14(19)10-7-12(11-3-1-2-5-16-11)17-13-8-15-6-4-9(10)13;1-5-20-12(18)11(17)9-6-7-15-8-10(9)16-13(19)14(2,3)4;1-6(9)7-4-2-3-5-8-7/h1-8H,(H,18,19);6-8H,5H2,1-4H3,(H,16,19);2-5H,1H3. The summed E-state index contributed by atoms with van der Waals surface area (Å²) in [4.78, 5) is 77.5. The molecule has 0 aliphatic heterocycles. The Kier molecular flexibility index (Phi) is 12.8. The topological polar surface area (TPSA) is 191 Å². The number of ether oxygens (including phenoxy) is 1. The zero-order valence-corrected chi connectivity index (χ0v) is 27.0. The highest BCUT2D eigenvalue weighted by atomic mass is 16.5. The van der Waals surface area contributed by atoms with Crippen molar-refractivity contribution in [2.24, 2.45) is 5.41 Å². The second-order valence-corrected chi connectivity index (χ2v) is 10.9. The lowest BCUT2D eigenvalue weighted by Crippen LogP contribution is -2.29. The number of esters is 1. The van der Waals surface area contributed by atoms with Crippen LogP contribution in [-0.2, 0) is 14.3 Å². The van der Waals surface area contributed by atoms with Crippen molar-refractivity contribution in [1.29, 1.82) is 0 Å². The van der Waals surface area contributed by atoms with Crippen LogP contribution >= 0.6 is 0 Å². The molecule has 1 amide bonds. The maximum atomic E-state index is 11.9. The van der Waals surface area contributed by atoms with E-state index in [1.54, 1.807) is 88.9 Å². The maximum absolute atomic E-state index is 11.9. The number of carbonyl (C=O) groups excluding carboxylic acids is 4. The Morgan fingerprint density at radius 1 is 0.812 bits per heavy atom. The van der Waals surface area contributed by atoms with Crippen molar-refractivity contribution in [3.63, 3.8) is 0 Å². The van der Waals surface area contributed by atoms with Crippen LogP contribution in [-0.4, -0.2) is 66.0 Å². The molecule has 2 N–H and O–H groups in total. The smallest absolute Gasteiger partial charge is 0.379 e. The number of ketones is 2. The van der Waals surface area contributed by atoms with E-state index in [9.17, 15) is 29.1 Å². The Balaban J connectivity index is 0.000000209. The molecule has 48 heavy (non-hydrogen) atoms. The molecular formula is C35H34N6O7. The molecule has 0 spiro atoms. The third kappa shape index (κ3) is 10.1. The Morgan fingerprint density at radius 3 is 2.04 bits per heavy atom. The average molecular weight is 651 g/mol. The van der Waals surface area contributed by atoms with Crippen LogP contribution < -0.4 is 5.32 Å². The number of Topliss-reactive ketones (excluding diaryl/α,β-unsaturated/α-hetero) is 2. The predicted molar refractivity (Wildman–Crippen MR) is 177 cm³/mol. The summed E-state index contributed by atoms with van der Waals surface area (Å²) in [6, 6.07) is 15.2. The lowest BCUT2D eigenvalue weighted by atomic mass is 9.95. The van der Waals surface area contributed by atoms with Crippen molar-refractivity contribution in [3.8, 4) is 11.4 Å². The van der Waals surface area contributed by atoms with E-state index in [-0.39, 0.29) is 35.1 Å². The van der Waals surface area contributed by atoms with E-state index in [0.717, 1.165) is 0 Å². The van der Waals surface area contributed by atoms with Crippen molar-refractivity contribution < 1.29 is 33.8 Å². The van der Waals surface area contributed by atoms with Crippen LogP contribution in [0.15, 0.2) is 91.8 Å². The van der Waals surface area contributed by atoms with Gasteiger partial charge in [-0.05, 0) is 49.4 Å². The van der Waals surface area contributed by atoms with Gasteiger partial charge in [-0.2, -0.15) is 0 Å². The molecule has 13 heteroatoms. The number of carbonyl (C=O) groups is 5. The second kappa shape index (κ2) is 16.9.